The van der Waals surface area contributed by atoms with E-state index in [1.165, 1.54) is 6.26 Å². The SMILES string of the molecule is Cc1nc2c(c(NC(=O)c3ccco3)nn2C)c(C)c1Cl. The van der Waals surface area contributed by atoms with Gasteiger partial charge in [-0.05, 0) is 31.5 Å². The lowest BCUT2D eigenvalue weighted by atomic mass is 10.1. The molecule has 0 aliphatic rings. The van der Waals surface area contributed by atoms with Gasteiger partial charge in [0.15, 0.2) is 17.2 Å². The minimum atomic E-state index is -0.365. The van der Waals surface area contributed by atoms with Crippen LogP contribution in [0.15, 0.2) is 22.8 Å². The molecule has 0 aliphatic heterocycles. The van der Waals surface area contributed by atoms with Crippen LogP contribution >= 0.6 is 11.6 Å². The fraction of sp³-hybridized carbons (Fsp3) is 0.214. The van der Waals surface area contributed by atoms with Crippen LogP contribution in [-0.2, 0) is 7.05 Å². The number of fused-ring (bicyclic) bond motifs is 1. The zero-order chi connectivity index (χ0) is 15.1. The third-order valence-corrected chi connectivity index (χ3v) is 3.85. The summed E-state index contributed by atoms with van der Waals surface area (Å²) in [4.78, 5) is 16.5. The average Bonchev–Trinajstić information content (AvgIpc) is 3.06. The number of nitrogens with one attached hydrogen (secondary N) is 1. The van der Waals surface area contributed by atoms with Crippen molar-refractivity contribution in [2.75, 3.05) is 5.32 Å². The Kier molecular flexibility index (Phi) is 3.17. The Bertz CT molecular complexity index is 837. The van der Waals surface area contributed by atoms with E-state index < -0.39 is 0 Å². The molecule has 3 aromatic rings. The quantitative estimate of drug-likeness (QED) is 0.789. The van der Waals surface area contributed by atoms with Gasteiger partial charge in [0, 0.05) is 7.05 Å². The predicted octanol–water partition coefficient (Wildman–Crippen LogP) is 3.08. The minimum absolute atomic E-state index is 0.220. The number of rotatable bonds is 2. The van der Waals surface area contributed by atoms with Crippen molar-refractivity contribution in [1.82, 2.24) is 14.8 Å². The van der Waals surface area contributed by atoms with Crippen molar-refractivity contribution in [3.05, 3.63) is 40.4 Å². The molecule has 3 rings (SSSR count). The largest absolute Gasteiger partial charge is 0.459 e. The van der Waals surface area contributed by atoms with Gasteiger partial charge in [0.05, 0.1) is 22.4 Å². The van der Waals surface area contributed by atoms with Crippen LogP contribution in [-0.4, -0.2) is 20.7 Å². The Hall–Kier alpha value is -2.34. The van der Waals surface area contributed by atoms with Crippen molar-refractivity contribution >= 4 is 34.4 Å². The number of hydrogen-bond acceptors (Lipinski definition) is 4. The van der Waals surface area contributed by atoms with Crippen molar-refractivity contribution in [1.29, 1.82) is 0 Å². The highest BCUT2D eigenvalue weighted by molar-refractivity contribution is 6.33. The van der Waals surface area contributed by atoms with E-state index >= 15 is 0 Å². The molecule has 7 heteroatoms. The van der Waals surface area contributed by atoms with Crippen LogP contribution in [0.1, 0.15) is 21.8 Å². The number of halogens is 1. The molecule has 0 bridgehead atoms. The Labute approximate surface area is 125 Å². The lowest BCUT2D eigenvalue weighted by Gasteiger charge is -2.05. The molecule has 0 saturated carbocycles. The van der Waals surface area contributed by atoms with Crippen LogP contribution in [0.4, 0.5) is 5.82 Å². The third-order valence-electron chi connectivity index (χ3n) is 3.29. The smallest absolute Gasteiger partial charge is 0.292 e. The van der Waals surface area contributed by atoms with Gasteiger partial charge in [-0.15, -0.1) is 0 Å². The molecule has 0 atom stereocenters. The molecular formula is C14H13ClN4O2. The van der Waals surface area contributed by atoms with E-state index in [2.05, 4.69) is 15.4 Å². The van der Waals surface area contributed by atoms with E-state index in [0.717, 1.165) is 16.6 Å². The molecule has 1 N–H and O–H groups in total. The average molecular weight is 305 g/mol. The van der Waals surface area contributed by atoms with Crippen molar-refractivity contribution in [3.8, 4) is 0 Å². The monoisotopic (exact) mass is 304 g/mol. The highest BCUT2D eigenvalue weighted by Crippen LogP contribution is 2.31. The van der Waals surface area contributed by atoms with Gasteiger partial charge in [0.2, 0.25) is 0 Å². The van der Waals surface area contributed by atoms with Crippen molar-refractivity contribution in [2.45, 2.75) is 13.8 Å². The molecule has 0 unspecified atom stereocenters. The van der Waals surface area contributed by atoms with E-state index in [1.54, 1.807) is 23.9 Å². The van der Waals surface area contributed by atoms with Gasteiger partial charge in [0.1, 0.15) is 0 Å². The molecule has 0 aromatic carbocycles. The molecule has 21 heavy (non-hydrogen) atoms. The van der Waals surface area contributed by atoms with E-state index in [-0.39, 0.29) is 11.7 Å². The van der Waals surface area contributed by atoms with E-state index in [4.69, 9.17) is 16.0 Å². The second-order valence-corrected chi connectivity index (χ2v) is 5.12. The third kappa shape index (κ3) is 2.17. The lowest BCUT2D eigenvalue weighted by Crippen LogP contribution is -2.11. The van der Waals surface area contributed by atoms with Crippen LogP contribution in [0.5, 0.6) is 0 Å². The number of hydrogen-bond donors (Lipinski definition) is 1. The molecule has 0 aliphatic carbocycles. The summed E-state index contributed by atoms with van der Waals surface area (Å²) in [7, 11) is 1.77. The molecule has 0 saturated heterocycles. The summed E-state index contributed by atoms with van der Waals surface area (Å²) in [5.74, 6) is 0.273. The van der Waals surface area contributed by atoms with Crippen LogP contribution < -0.4 is 5.32 Å². The molecule has 3 aromatic heterocycles. The number of nitrogens with zero attached hydrogens (tertiary/aromatic N) is 3. The van der Waals surface area contributed by atoms with Gasteiger partial charge in [0.25, 0.3) is 5.91 Å². The molecule has 1 amide bonds. The zero-order valence-corrected chi connectivity index (χ0v) is 12.5. The number of anilines is 1. The molecule has 0 fully saturated rings. The maximum atomic E-state index is 12.1. The van der Waals surface area contributed by atoms with Crippen LogP contribution in [0, 0.1) is 13.8 Å². The molecule has 0 spiro atoms. The summed E-state index contributed by atoms with van der Waals surface area (Å²) in [6.07, 6.45) is 1.44. The topological polar surface area (TPSA) is 73.0 Å². The maximum absolute atomic E-state index is 12.1. The first-order valence-corrected chi connectivity index (χ1v) is 6.71. The number of aryl methyl sites for hydroxylation is 3. The number of furan rings is 1. The van der Waals surface area contributed by atoms with E-state index in [1.807, 2.05) is 13.8 Å². The Morgan fingerprint density at radius 3 is 2.86 bits per heavy atom. The number of carbonyl (C=O) groups excluding carboxylic acids is 1. The first kappa shape index (κ1) is 13.6. The van der Waals surface area contributed by atoms with Gasteiger partial charge in [-0.2, -0.15) is 5.10 Å². The first-order chi connectivity index (χ1) is 9.99. The fourth-order valence-corrected chi connectivity index (χ4v) is 2.38. The van der Waals surface area contributed by atoms with E-state index in [9.17, 15) is 4.79 Å². The van der Waals surface area contributed by atoms with Gasteiger partial charge >= 0.3 is 0 Å². The molecule has 108 valence electrons. The predicted molar refractivity (Wildman–Crippen MR) is 79.7 cm³/mol. The molecule has 6 nitrogen and oxygen atoms in total. The first-order valence-electron chi connectivity index (χ1n) is 6.33. The molecule has 3 heterocycles. The number of aromatic nitrogens is 3. The number of carbonyl (C=O) groups is 1. The summed E-state index contributed by atoms with van der Waals surface area (Å²) in [6, 6.07) is 3.24. The van der Waals surface area contributed by atoms with Crippen molar-refractivity contribution < 1.29 is 9.21 Å². The second kappa shape index (κ2) is 4.89. The minimum Gasteiger partial charge on any atom is -0.459 e. The summed E-state index contributed by atoms with van der Waals surface area (Å²) >= 11 is 6.24. The van der Waals surface area contributed by atoms with Gasteiger partial charge < -0.3 is 9.73 Å². The standard InChI is InChI=1S/C14H13ClN4O2/c1-7-10-12(17-14(20)9-5-4-6-21-9)18-19(3)13(10)16-8(2)11(7)15/h4-6H,1-3H3,(H,17,18,20). The summed E-state index contributed by atoms with van der Waals surface area (Å²) in [5, 5.41) is 8.34. The maximum Gasteiger partial charge on any atom is 0.292 e. The highest BCUT2D eigenvalue weighted by Gasteiger charge is 2.19. The summed E-state index contributed by atoms with van der Waals surface area (Å²) in [6.45, 7) is 3.71. The summed E-state index contributed by atoms with van der Waals surface area (Å²) in [5.41, 5.74) is 2.24. The van der Waals surface area contributed by atoms with Gasteiger partial charge in [-0.1, -0.05) is 11.6 Å². The number of amides is 1. The van der Waals surface area contributed by atoms with Gasteiger partial charge in [-0.25, -0.2) is 9.67 Å². The Morgan fingerprint density at radius 1 is 1.43 bits per heavy atom. The van der Waals surface area contributed by atoms with Gasteiger partial charge in [-0.3, -0.25) is 4.79 Å². The van der Waals surface area contributed by atoms with E-state index in [0.29, 0.717) is 16.5 Å². The highest BCUT2D eigenvalue weighted by atomic mass is 35.5. The summed E-state index contributed by atoms with van der Waals surface area (Å²) < 4.78 is 6.69. The van der Waals surface area contributed by atoms with Crippen LogP contribution in [0.25, 0.3) is 11.0 Å². The Morgan fingerprint density at radius 2 is 2.19 bits per heavy atom. The fourth-order valence-electron chi connectivity index (χ4n) is 2.24. The zero-order valence-electron chi connectivity index (χ0n) is 11.8. The Balaban J connectivity index is 2.11. The molecule has 0 radical (unpaired) electrons. The van der Waals surface area contributed by atoms with Crippen molar-refractivity contribution in [2.24, 2.45) is 7.05 Å². The normalized spacial score (nSPS) is 11.0. The second-order valence-electron chi connectivity index (χ2n) is 4.74. The molecular weight excluding hydrogens is 292 g/mol. The van der Waals surface area contributed by atoms with Crippen molar-refractivity contribution in [3.63, 3.8) is 0 Å². The van der Waals surface area contributed by atoms with Crippen LogP contribution in [0.2, 0.25) is 5.02 Å². The number of pyridine rings is 1. The van der Waals surface area contributed by atoms with Crippen LogP contribution in [0.3, 0.4) is 0 Å². The lowest BCUT2D eigenvalue weighted by molar-refractivity contribution is 0.0996.